The van der Waals surface area contributed by atoms with Crippen molar-refractivity contribution in [3.05, 3.63) is 58.7 Å². The smallest absolute Gasteiger partial charge is 0.261 e. The van der Waals surface area contributed by atoms with Crippen LogP contribution in [0.25, 0.3) is 5.57 Å². The minimum Gasteiger partial charge on any atom is -0.496 e. The Labute approximate surface area is 210 Å². The van der Waals surface area contributed by atoms with Gasteiger partial charge >= 0.3 is 0 Å². The summed E-state index contributed by atoms with van der Waals surface area (Å²) >= 11 is 0. The molecule has 0 spiro atoms. The zero-order chi connectivity index (χ0) is 25.8. The first-order valence-corrected chi connectivity index (χ1v) is 11.7. The number of hydrogen-bond acceptors (Lipinski definition) is 7. The van der Waals surface area contributed by atoms with Crippen molar-refractivity contribution in [3.63, 3.8) is 0 Å². The third-order valence-electron chi connectivity index (χ3n) is 6.48. The molecule has 0 saturated heterocycles. The van der Waals surface area contributed by atoms with Gasteiger partial charge in [0.15, 0.2) is 0 Å². The van der Waals surface area contributed by atoms with Crippen molar-refractivity contribution in [1.82, 2.24) is 9.80 Å². The molecule has 0 radical (unpaired) electrons. The van der Waals surface area contributed by atoms with Crippen molar-refractivity contribution in [1.29, 1.82) is 0 Å². The lowest BCUT2D eigenvalue weighted by atomic mass is 9.96. The number of fused-ring (bicyclic) bond motifs is 1. The highest BCUT2D eigenvalue weighted by atomic mass is 16.5. The molecule has 36 heavy (non-hydrogen) atoms. The molecule has 2 heterocycles. The predicted octanol–water partition coefficient (Wildman–Crippen LogP) is 3.27. The SMILES string of the molecule is COCCCN1C(=O)c2ccc(C(=O)N3CC=C(c4c(OC)cc(OC)cc4OC)CC3)cc2C1=O. The van der Waals surface area contributed by atoms with E-state index in [0.29, 0.717) is 60.9 Å². The molecule has 0 saturated carbocycles. The molecule has 2 aromatic carbocycles. The fraction of sp³-hybridized carbons (Fsp3) is 0.370. The molecule has 4 rings (SSSR count). The number of carbonyl (C=O) groups is 3. The van der Waals surface area contributed by atoms with Crippen molar-refractivity contribution >= 4 is 23.3 Å². The summed E-state index contributed by atoms with van der Waals surface area (Å²) in [4.78, 5) is 41.6. The monoisotopic (exact) mass is 494 g/mol. The van der Waals surface area contributed by atoms with E-state index < -0.39 is 0 Å². The Morgan fingerprint density at radius 3 is 2.19 bits per heavy atom. The number of benzene rings is 2. The highest BCUT2D eigenvalue weighted by molar-refractivity contribution is 6.22. The van der Waals surface area contributed by atoms with Gasteiger partial charge in [-0.1, -0.05) is 6.08 Å². The molecule has 0 aliphatic carbocycles. The fourth-order valence-corrected chi connectivity index (χ4v) is 4.58. The van der Waals surface area contributed by atoms with Crippen LogP contribution in [0, 0.1) is 0 Å². The molecule has 0 atom stereocenters. The van der Waals surface area contributed by atoms with Gasteiger partial charge in [0.25, 0.3) is 17.7 Å². The molecule has 190 valence electrons. The Balaban J connectivity index is 1.52. The Morgan fingerprint density at radius 1 is 0.917 bits per heavy atom. The molecule has 9 nitrogen and oxygen atoms in total. The second-order valence-electron chi connectivity index (χ2n) is 8.51. The standard InChI is InChI=1S/C27H30N2O7/c1-33-13-5-10-29-26(31)20-7-6-18(14-21(20)27(29)32)25(30)28-11-8-17(9-12-28)24-22(35-3)15-19(34-2)16-23(24)36-4/h6-8,14-16H,5,9-13H2,1-4H3. The van der Waals surface area contributed by atoms with E-state index in [2.05, 4.69) is 0 Å². The van der Waals surface area contributed by atoms with Gasteiger partial charge in [-0.3, -0.25) is 19.3 Å². The third kappa shape index (κ3) is 4.66. The summed E-state index contributed by atoms with van der Waals surface area (Å²) in [5.74, 6) is 0.990. The van der Waals surface area contributed by atoms with Gasteiger partial charge in [0.1, 0.15) is 17.2 Å². The second-order valence-corrected chi connectivity index (χ2v) is 8.51. The molecular weight excluding hydrogens is 464 g/mol. The van der Waals surface area contributed by atoms with Crippen LogP contribution in [0.4, 0.5) is 0 Å². The van der Waals surface area contributed by atoms with Gasteiger partial charge in [-0.05, 0) is 36.6 Å². The first kappa shape index (κ1) is 25.2. The van der Waals surface area contributed by atoms with E-state index in [0.717, 1.165) is 11.1 Å². The summed E-state index contributed by atoms with van der Waals surface area (Å²) in [5.41, 5.74) is 2.82. The number of amides is 3. The van der Waals surface area contributed by atoms with Crippen LogP contribution in [0.2, 0.25) is 0 Å². The fourth-order valence-electron chi connectivity index (χ4n) is 4.58. The Hall–Kier alpha value is -3.85. The largest absolute Gasteiger partial charge is 0.496 e. The number of ether oxygens (including phenoxy) is 4. The maximum Gasteiger partial charge on any atom is 0.261 e. The molecule has 0 N–H and O–H groups in total. The van der Waals surface area contributed by atoms with Crippen LogP contribution in [0.5, 0.6) is 17.2 Å². The highest BCUT2D eigenvalue weighted by Crippen LogP contribution is 2.41. The van der Waals surface area contributed by atoms with E-state index in [9.17, 15) is 14.4 Å². The first-order chi connectivity index (χ1) is 17.4. The van der Waals surface area contributed by atoms with Crippen LogP contribution >= 0.6 is 0 Å². The second kappa shape index (κ2) is 10.8. The number of carbonyl (C=O) groups excluding carboxylic acids is 3. The molecule has 2 aromatic rings. The summed E-state index contributed by atoms with van der Waals surface area (Å²) in [7, 11) is 6.34. The van der Waals surface area contributed by atoms with Crippen LogP contribution in [-0.4, -0.2) is 82.2 Å². The minimum atomic E-state index is -0.375. The lowest BCUT2D eigenvalue weighted by Gasteiger charge is -2.28. The summed E-state index contributed by atoms with van der Waals surface area (Å²) in [6, 6.07) is 8.31. The molecule has 9 heteroatoms. The molecule has 3 amide bonds. The number of hydrogen-bond donors (Lipinski definition) is 0. The average molecular weight is 495 g/mol. The maximum atomic E-state index is 13.3. The van der Waals surface area contributed by atoms with E-state index in [1.54, 1.807) is 57.6 Å². The molecular formula is C27H30N2O7. The summed E-state index contributed by atoms with van der Waals surface area (Å²) in [5, 5.41) is 0. The van der Waals surface area contributed by atoms with Crippen molar-refractivity contribution in [2.75, 3.05) is 54.7 Å². The van der Waals surface area contributed by atoms with E-state index in [-0.39, 0.29) is 29.8 Å². The average Bonchev–Trinajstić information content (AvgIpc) is 3.16. The van der Waals surface area contributed by atoms with Gasteiger partial charge in [0.2, 0.25) is 0 Å². The highest BCUT2D eigenvalue weighted by Gasteiger charge is 2.36. The van der Waals surface area contributed by atoms with E-state index >= 15 is 0 Å². The first-order valence-electron chi connectivity index (χ1n) is 11.7. The van der Waals surface area contributed by atoms with Crippen LogP contribution in [0.15, 0.2) is 36.4 Å². The van der Waals surface area contributed by atoms with Crippen LogP contribution in [0.3, 0.4) is 0 Å². The Morgan fingerprint density at radius 2 is 1.61 bits per heavy atom. The lowest BCUT2D eigenvalue weighted by Crippen LogP contribution is -2.34. The summed E-state index contributed by atoms with van der Waals surface area (Å²) in [6.07, 6.45) is 3.13. The lowest BCUT2D eigenvalue weighted by molar-refractivity contribution is 0.0638. The zero-order valence-corrected chi connectivity index (χ0v) is 21.0. The predicted molar refractivity (Wildman–Crippen MR) is 133 cm³/mol. The summed E-state index contributed by atoms with van der Waals surface area (Å²) < 4.78 is 21.5. The number of rotatable bonds is 9. The summed E-state index contributed by atoms with van der Waals surface area (Å²) in [6.45, 7) is 1.60. The number of nitrogens with zero attached hydrogens (tertiary/aromatic N) is 2. The van der Waals surface area contributed by atoms with E-state index in [4.69, 9.17) is 18.9 Å². The van der Waals surface area contributed by atoms with Crippen molar-refractivity contribution in [3.8, 4) is 17.2 Å². The van der Waals surface area contributed by atoms with Gasteiger partial charge in [0.05, 0.1) is 38.0 Å². The van der Waals surface area contributed by atoms with Crippen LogP contribution in [0.1, 0.15) is 49.5 Å². The van der Waals surface area contributed by atoms with Crippen molar-refractivity contribution in [2.24, 2.45) is 0 Å². The van der Waals surface area contributed by atoms with Gasteiger partial charge in [-0.2, -0.15) is 0 Å². The zero-order valence-electron chi connectivity index (χ0n) is 21.0. The van der Waals surface area contributed by atoms with Crippen molar-refractivity contribution in [2.45, 2.75) is 12.8 Å². The van der Waals surface area contributed by atoms with Gasteiger partial charge in [0, 0.05) is 51.0 Å². The topological polar surface area (TPSA) is 94.6 Å². The number of imide groups is 1. The molecule has 0 aromatic heterocycles. The quantitative estimate of drug-likeness (QED) is 0.390. The molecule has 2 aliphatic heterocycles. The Kier molecular flexibility index (Phi) is 7.59. The van der Waals surface area contributed by atoms with Crippen LogP contribution < -0.4 is 14.2 Å². The third-order valence-corrected chi connectivity index (χ3v) is 6.48. The minimum absolute atomic E-state index is 0.195. The van der Waals surface area contributed by atoms with Gasteiger partial charge in [-0.25, -0.2) is 0 Å². The maximum absolute atomic E-state index is 13.3. The van der Waals surface area contributed by atoms with Crippen LogP contribution in [-0.2, 0) is 4.74 Å². The number of methoxy groups -OCH3 is 4. The van der Waals surface area contributed by atoms with E-state index in [1.165, 1.54) is 11.0 Å². The Bertz CT molecular complexity index is 1200. The molecule has 0 unspecified atom stereocenters. The molecule has 2 aliphatic rings. The van der Waals surface area contributed by atoms with Crippen molar-refractivity contribution < 1.29 is 33.3 Å². The molecule has 0 fully saturated rings. The van der Waals surface area contributed by atoms with E-state index in [1.807, 2.05) is 6.08 Å². The normalized spacial score (nSPS) is 15.1. The van der Waals surface area contributed by atoms with Gasteiger partial charge in [-0.15, -0.1) is 0 Å². The molecule has 0 bridgehead atoms. The van der Waals surface area contributed by atoms with Gasteiger partial charge < -0.3 is 23.8 Å².